The maximum Gasteiger partial charge on any atom is 0.222 e. The van der Waals surface area contributed by atoms with Crippen LogP contribution < -0.4 is 10.5 Å². The highest BCUT2D eigenvalue weighted by atomic mass is 32.2. The third-order valence-electron chi connectivity index (χ3n) is 5.22. The van der Waals surface area contributed by atoms with Crippen LogP contribution in [0.1, 0.15) is 38.2 Å². The van der Waals surface area contributed by atoms with Crippen molar-refractivity contribution >= 4 is 27.4 Å². The van der Waals surface area contributed by atoms with Crippen molar-refractivity contribution in [3.8, 4) is 5.75 Å². The molecule has 1 aromatic carbocycles. The van der Waals surface area contributed by atoms with E-state index in [0.717, 1.165) is 24.0 Å². The molecule has 9 heteroatoms. The van der Waals surface area contributed by atoms with Crippen LogP contribution in [0.2, 0.25) is 0 Å². The van der Waals surface area contributed by atoms with Crippen molar-refractivity contribution in [2.24, 2.45) is 4.99 Å². The van der Waals surface area contributed by atoms with Gasteiger partial charge in [-0.1, -0.05) is 6.08 Å². The number of hydrogen-bond donors (Lipinski definition) is 4. The van der Waals surface area contributed by atoms with Crippen molar-refractivity contribution < 1.29 is 18.3 Å². The first-order chi connectivity index (χ1) is 13.8. The molecule has 5 N–H and O–H groups in total. The number of aromatic hydroxyl groups is 1. The molecule has 2 aliphatic rings. The number of ether oxygens (including phenoxy) is 1. The zero-order chi connectivity index (χ0) is 21.2. The third-order valence-corrected chi connectivity index (χ3v) is 6.62. The van der Waals surface area contributed by atoms with E-state index in [4.69, 9.17) is 15.9 Å². The van der Waals surface area contributed by atoms with Crippen LogP contribution in [0.5, 0.6) is 5.75 Å². The van der Waals surface area contributed by atoms with E-state index >= 15 is 0 Å². The molecule has 8 nitrogen and oxygen atoms in total. The second kappa shape index (κ2) is 8.38. The van der Waals surface area contributed by atoms with Gasteiger partial charge in [-0.2, -0.15) is 4.99 Å². The summed E-state index contributed by atoms with van der Waals surface area (Å²) in [6, 6.07) is 4.39. The van der Waals surface area contributed by atoms with E-state index in [2.05, 4.69) is 9.71 Å². The van der Waals surface area contributed by atoms with Gasteiger partial charge in [0.2, 0.25) is 15.9 Å². The molecule has 0 fully saturated rings. The molecule has 29 heavy (non-hydrogen) atoms. The largest absolute Gasteiger partial charge is 0.506 e. The van der Waals surface area contributed by atoms with Gasteiger partial charge in [0.15, 0.2) is 5.84 Å². The minimum atomic E-state index is -3.29. The lowest BCUT2D eigenvalue weighted by Gasteiger charge is -2.20. The number of sulfonamides is 1. The van der Waals surface area contributed by atoms with Gasteiger partial charge in [0, 0.05) is 17.2 Å². The standard InChI is InChI=1S/C20H26N4O4S/c1-3-29(26,27)24-17-9-8-13-14(17)5-4-6-15(13)19(22)23-20(28-2)12-7-10-18(25)16(21)11-12/h6-7,10-11,17,22,24-25H,3-5,8-9,21H2,1-2H3/t17-/m0/s1. The number of nitrogens with zero attached hydrogens (tertiary/aromatic N) is 1. The first-order valence-electron chi connectivity index (χ1n) is 9.48. The molecule has 0 saturated heterocycles. The minimum absolute atomic E-state index is 0.0319. The van der Waals surface area contributed by atoms with Crippen LogP contribution in [0.15, 0.2) is 46.0 Å². The van der Waals surface area contributed by atoms with E-state index in [1.165, 1.54) is 19.2 Å². The normalized spacial score (nSPS) is 19.7. The molecule has 2 aliphatic carbocycles. The molecule has 1 atom stereocenters. The summed E-state index contributed by atoms with van der Waals surface area (Å²) < 4.78 is 32.1. The first-order valence-corrected chi connectivity index (χ1v) is 11.1. The van der Waals surface area contributed by atoms with E-state index in [-0.39, 0.29) is 35.0 Å². The van der Waals surface area contributed by atoms with Crippen molar-refractivity contribution in [2.45, 2.75) is 38.6 Å². The van der Waals surface area contributed by atoms with E-state index < -0.39 is 10.0 Å². The number of amidine groups is 1. The van der Waals surface area contributed by atoms with E-state index in [9.17, 15) is 13.5 Å². The molecule has 1 aromatic rings. The summed E-state index contributed by atoms with van der Waals surface area (Å²) in [7, 11) is -1.84. The number of benzene rings is 1. The lowest BCUT2D eigenvalue weighted by Crippen LogP contribution is -2.35. The van der Waals surface area contributed by atoms with Gasteiger partial charge >= 0.3 is 0 Å². The molecule has 156 valence electrons. The van der Waals surface area contributed by atoms with Gasteiger partial charge in [-0.15, -0.1) is 0 Å². The van der Waals surface area contributed by atoms with Gasteiger partial charge in [-0.25, -0.2) is 13.1 Å². The molecule has 0 amide bonds. The van der Waals surface area contributed by atoms with Crippen molar-refractivity contribution in [1.29, 1.82) is 5.41 Å². The first kappa shape index (κ1) is 21.1. The monoisotopic (exact) mass is 418 g/mol. The number of rotatable bonds is 5. The number of aliphatic imine (C=N–C) groups is 1. The SMILES string of the molecule is CCS(=O)(=O)N[C@H]1CCC2=C1CCC=C2C(=N)N=C(OC)c1ccc(O)c(N)c1. The number of nitrogens with one attached hydrogen (secondary N) is 2. The second-order valence-corrected chi connectivity index (χ2v) is 9.06. The number of hydrogen-bond acceptors (Lipinski definition) is 6. The van der Waals surface area contributed by atoms with Crippen molar-refractivity contribution in [1.82, 2.24) is 4.72 Å². The summed E-state index contributed by atoms with van der Waals surface area (Å²) >= 11 is 0. The fraction of sp³-hybridized carbons (Fsp3) is 0.400. The van der Waals surface area contributed by atoms with Crippen molar-refractivity contribution in [2.75, 3.05) is 18.6 Å². The van der Waals surface area contributed by atoms with Crippen LogP contribution in [0.3, 0.4) is 0 Å². The second-order valence-electron chi connectivity index (χ2n) is 7.02. The van der Waals surface area contributed by atoms with Crippen LogP contribution in [0.4, 0.5) is 5.69 Å². The highest BCUT2D eigenvalue weighted by Gasteiger charge is 2.32. The van der Waals surface area contributed by atoms with Gasteiger partial charge in [-0.3, -0.25) is 5.41 Å². The summed E-state index contributed by atoms with van der Waals surface area (Å²) in [5.41, 5.74) is 9.25. The van der Waals surface area contributed by atoms with Gasteiger partial charge in [0.1, 0.15) is 5.75 Å². The number of allylic oxidation sites excluding steroid dienone is 1. The van der Waals surface area contributed by atoms with Crippen molar-refractivity contribution in [3.63, 3.8) is 0 Å². The summed E-state index contributed by atoms with van der Waals surface area (Å²) in [6.07, 6.45) is 4.86. The van der Waals surface area contributed by atoms with Crippen LogP contribution in [0.25, 0.3) is 0 Å². The average Bonchev–Trinajstić information content (AvgIpc) is 3.10. The van der Waals surface area contributed by atoms with E-state index in [1.807, 2.05) is 6.08 Å². The van der Waals surface area contributed by atoms with E-state index in [1.54, 1.807) is 13.0 Å². The molecule has 0 saturated carbocycles. The number of nitrogen functional groups attached to an aromatic ring is 1. The fourth-order valence-corrected chi connectivity index (χ4v) is 4.57. The Hall–Kier alpha value is -2.65. The van der Waals surface area contributed by atoms with Gasteiger partial charge in [-0.05, 0) is 62.0 Å². The Labute approximate surface area is 170 Å². The van der Waals surface area contributed by atoms with Gasteiger partial charge in [0.25, 0.3) is 0 Å². The molecule has 0 aliphatic heterocycles. The quantitative estimate of drug-likeness (QED) is 0.252. The van der Waals surface area contributed by atoms with Crippen LogP contribution in [-0.4, -0.2) is 44.2 Å². The summed E-state index contributed by atoms with van der Waals surface area (Å²) in [6.45, 7) is 1.62. The molecule has 0 spiro atoms. The molecular weight excluding hydrogens is 392 g/mol. The number of anilines is 1. The molecule has 0 aromatic heterocycles. The third kappa shape index (κ3) is 4.51. The Balaban J connectivity index is 1.87. The zero-order valence-corrected chi connectivity index (χ0v) is 17.3. The smallest absolute Gasteiger partial charge is 0.222 e. The summed E-state index contributed by atoms with van der Waals surface area (Å²) in [4.78, 5) is 4.34. The number of phenols is 1. The average molecular weight is 419 g/mol. The van der Waals surface area contributed by atoms with Crippen LogP contribution in [-0.2, 0) is 14.8 Å². The Morgan fingerprint density at radius 3 is 2.83 bits per heavy atom. The topological polar surface area (TPSA) is 138 Å². The van der Waals surface area contributed by atoms with Crippen LogP contribution >= 0.6 is 0 Å². The Bertz CT molecular complexity index is 1020. The molecule has 0 heterocycles. The van der Waals surface area contributed by atoms with Gasteiger partial charge in [0.05, 0.1) is 18.6 Å². The maximum atomic E-state index is 12.0. The van der Waals surface area contributed by atoms with Crippen molar-refractivity contribution in [3.05, 3.63) is 46.6 Å². The predicted molar refractivity (Wildman–Crippen MR) is 114 cm³/mol. The Kier molecular flexibility index (Phi) is 6.09. The summed E-state index contributed by atoms with van der Waals surface area (Å²) in [5, 5.41) is 18.1. The maximum absolute atomic E-state index is 12.0. The van der Waals surface area contributed by atoms with E-state index in [0.29, 0.717) is 24.0 Å². The van der Waals surface area contributed by atoms with Gasteiger partial charge < -0.3 is 15.6 Å². The molecule has 3 rings (SSSR count). The van der Waals surface area contributed by atoms with Crippen LogP contribution in [0, 0.1) is 5.41 Å². The summed E-state index contributed by atoms with van der Waals surface area (Å²) in [5.74, 6) is 0.286. The highest BCUT2D eigenvalue weighted by Crippen LogP contribution is 2.38. The lowest BCUT2D eigenvalue weighted by molar-refractivity contribution is 0.405. The number of phenolic OH excluding ortho intramolecular Hbond substituents is 1. The Morgan fingerprint density at radius 2 is 2.17 bits per heavy atom. The Morgan fingerprint density at radius 1 is 1.41 bits per heavy atom. The fourth-order valence-electron chi connectivity index (χ4n) is 3.71. The lowest BCUT2D eigenvalue weighted by atomic mass is 9.91. The number of nitrogens with two attached hydrogens (primary N) is 1. The minimum Gasteiger partial charge on any atom is -0.506 e. The predicted octanol–water partition coefficient (Wildman–Crippen LogP) is 2.46. The molecule has 0 bridgehead atoms. The zero-order valence-electron chi connectivity index (χ0n) is 16.5. The highest BCUT2D eigenvalue weighted by molar-refractivity contribution is 7.89. The molecule has 0 unspecified atom stereocenters. The number of methoxy groups -OCH3 is 1. The molecule has 0 radical (unpaired) electrons. The molecular formula is C20H26N4O4S.